The summed E-state index contributed by atoms with van der Waals surface area (Å²) in [7, 11) is 8.37. The topological polar surface area (TPSA) is 9.72 Å². The Kier molecular flexibility index (Phi) is 9.31. The molecule has 0 aliphatic rings. The largest absolute Gasteiger partial charge is 0.358 e. The Morgan fingerprint density at radius 3 is 1.50 bits per heavy atom. The molecule has 0 radical (unpaired) electrons. The van der Waals surface area contributed by atoms with E-state index in [9.17, 15) is 0 Å². The van der Waals surface area contributed by atoms with E-state index in [1.807, 2.05) is 0 Å². The summed E-state index contributed by atoms with van der Waals surface area (Å²) in [5.41, 5.74) is 0. The molecule has 0 bridgehead atoms. The van der Waals surface area contributed by atoms with Crippen LogP contribution in [0.15, 0.2) is 0 Å². The van der Waals surface area contributed by atoms with Crippen molar-refractivity contribution < 1.29 is 0 Å². The van der Waals surface area contributed by atoms with Gasteiger partial charge in [0.25, 0.3) is 0 Å². The number of thiol groups is 1. The normalized spacial score (nSPS) is 11.2. The number of hydrogen-bond acceptors (Lipinski definition) is 3. The molecule has 0 aromatic heterocycles. The molecule has 0 aromatic rings. The molecule has 0 aromatic carbocycles. The second-order valence-electron chi connectivity index (χ2n) is 4.58. The van der Waals surface area contributed by atoms with E-state index in [1.54, 1.807) is 0 Å². The van der Waals surface area contributed by atoms with Crippen LogP contribution < -0.4 is 0 Å². The van der Waals surface area contributed by atoms with Gasteiger partial charge in [0, 0.05) is 13.1 Å². The van der Waals surface area contributed by atoms with Crippen LogP contribution in [0.2, 0.25) is 0 Å². The highest BCUT2D eigenvalue weighted by atomic mass is 32.1. The van der Waals surface area contributed by atoms with Gasteiger partial charge in [-0.25, -0.2) is 0 Å². The summed E-state index contributed by atoms with van der Waals surface area (Å²) in [4.78, 5) is 6.57. The minimum atomic E-state index is 0.720. The Labute approximate surface area is 111 Å². The molecule has 0 rings (SSSR count). The summed E-state index contributed by atoms with van der Waals surface area (Å²) in [5, 5.41) is 0. The molecule has 5 heteroatoms. The predicted molar refractivity (Wildman–Crippen MR) is 79.5 cm³/mol. The van der Waals surface area contributed by atoms with Crippen LogP contribution in [-0.4, -0.2) is 73.4 Å². The lowest BCUT2D eigenvalue weighted by Crippen LogP contribution is -2.31. The molecule has 0 N–H and O–H groups in total. The van der Waals surface area contributed by atoms with Crippen molar-refractivity contribution in [1.82, 2.24) is 14.7 Å². The van der Waals surface area contributed by atoms with E-state index in [0.717, 1.165) is 43.3 Å². The number of nitrogens with zero attached hydrogens (tertiary/aromatic N) is 3. The van der Waals surface area contributed by atoms with Crippen molar-refractivity contribution in [2.45, 2.75) is 12.8 Å². The maximum absolute atomic E-state index is 5.14. The van der Waals surface area contributed by atoms with Gasteiger partial charge in [0.1, 0.15) is 4.32 Å². The predicted octanol–water partition coefficient (Wildman–Crippen LogP) is 1.41. The van der Waals surface area contributed by atoms with Gasteiger partial charge in [0.15, 0.2) is 0 Å². The fourth-order valence-corrected chi connectivity index (χ4v) is 1.84. The number of thiocarbonyl (C=S) groups is 1. The number of hydrogen-bond donors (Lipinski definition) is 1. The second kappa shape index (κ2) is 9.22. The van der Waals surface area contributed by atoms with E-state index in [0.29, 0.717) is 0 Å². The number of rotatable bonds is 8. The van der Waals surface area contributed by atoms with Gasteiger partial charge < -0.3 is 14.7 Å². The standard InChI is InChI=1S/C11H25N3S2/c1-12(2)7-5-9-14(11(15)16)10-6-8-13(3)4/h5-10H2,1-4H3,(H,15,16). The summed E-state index contributed by atoms with van der Waals surface area (Å²) in [6.07, 6.45) is 2.27. The highest BCUT2D eigenvalue weighted by Gasteiger charge is 2.06. The maximum Gasteiger partial charge on any atom is 0.133 e. The van der Waals surface area contributed by atoms with Gasteiger partial charge in [-0.1, -0.05) is 12.2 Å². The summed E-state index contributed by atoms with van der Waals surface area (Å²) in [5.74, 6) is 0. The van der Waals surface area contributed by atoms with E-state index in [-0.39, 0.29) is 0 Å². The average Bonchev–Trinajstić information content (AvgIpc) is 2.14. The highest BCUT2D eigenvalue weighted by Crippen LogP contribution is 2.01. The Morgan fingerprint density at radius 2 is 1.25 bits per heavy atom. The second-order valence-corrected chi connectivity index (χ2v) is 5.70. The molecular weight excluding hydrogens is 238 g/mol. The lowest BCUT2D eigenvalue weighted by molar-refractivity contribution is 0.328. The molecule has 0 heterocycles. The van der Waals surface area contributed by atoms with Crippen LogP contribution in [0, 0.1) is 0 Å². The van der Waals surface area contributed by atoms with Crippen molar-refractivity contribution in [2.24, 2.45) is 0 Å². The van der Waals surface area contributed by atoms with Gasteiger partial charge >= 0.3 is 0 Å². The van der Waals surface area contributed by atoms with Gasteiger partial charge in [-0.05, 0) is 54.1 Å². The third kappa shape index (κ3) is 9.39. The molecule has 0 aliphatic carbocycles. The fourth-order valence-electron chi connectivity index (χ4n) is 1.46. The molecule has 96 valence electrons. The smallest absolute Gasteiger partial charge is 0.133 e. The zero-order valence-electron chi connectivity index (χ0n) is 10.9. The van der Waals surface area contributed by atoms with E-state index >= 15 is 0 Å². The average molecular weight is 263 g/mol. The first-order valence-electron chi connectivity index (χ1n) is 5.71. The SMILES string of the molecule is CN(C)CCCN(CCCN(C)C)C(=S)S. The van der Waals surface area contributed by atoms with Crippen LogP contribution in [0.25, 0.3) is 0 Å². The molecule has 0 amide bonds. The minimum absolute atomic E-state index is 0.720. The summed E-state index contributed by atoms with van der Waals surface area (Å²) in [6.45, 7) is 4.21. The molecular formula is C11H25N3S2. The third-order valence-corrected chi connectivity index (χ3v) is 2.88. The minimum Gasteiger partial charge on any atom is -0.358 e. The maximum atomic E-state index is 5.14. The van der Waals surface area contributed by atoms with E-state index in [2.05, 4.69) is 55.5 Å². The first-order valence-corrected chi connectivity index (χ1v) is 6.56. The monoisotopic (exact) mass is 263 g/mol. The van der Waals surface area contributed by atoms with Gasteiger partial charge in [-0.3, -0.25) is 0 Å². The van der Waals surface area contributed by atoms with Gasteiger partial charge in [-0.15, -0.1) is 12.6 Å². The fraction of sp³-hybridized carbons (Fsp3) is 0.909. The van der Waals surface area contributed by atoms with Crippen molar-refractivity contribution >= 4 is 29.2 Å². The summed E-state index contributed by atoms with van der Waals surface area (Å²) < 4.78 is 0.720. The Balaban J connectivity index is 3.76. The van der Waals surface area contributed by atoms with Crippen LogP contribution in [-0.2, 0) is 0 Å². The first kappa shape index (κ1) is 16.2. The zero-order valence-corrected chi connectivity index (χ0v) is 12.7. The molecule has 0 unspecified atom stereocenters. The first-order chi connectivity index (χ1) is 7.43. The molecule has 0 atom stereocenters. The van der Waals surface area contributed by atoms with E-state index < -0.39 is 0 Å². The highest BCUT2D eigenvalue weighted by molar-refractivity contribution is 8.10. The van der Waals surface area contributed by atoms with Gasteiger partial charge in [0.05, 0.1) is 0 Å². The van der Waals surface area contributed by atoms with Crippen molar-refractivity contribution in [3.8, 4) is 0 Å². The van der Waals surface area contributed by atoms with Crippen molar-refractivity contribution in [1.29, 1.82) is 0 Å². The van der Waals surface area contributed by atoms with Crippen molar-refractivity contribution in [3.63, 3.8) is 0 Å². The van der Waals surface area contributed by atoms with Crippen LogP contribution in [0.5, 0.6) is 0 Å². The van der Waals surface area contributed by atoms with Crippen molar-refractivity contribution in [3.05, 3.63) is 0 Å². The Bertz CT molecular complexity index is 182. The van der Waals surface area contributed by atoms with Crippen LogP contribution in [0.4, 0.5) is 0 Å². The van der Waals surface area contributed by atoms with Crippen molar-refractivity contribution in [2.75, 3.05) is 54.4 Å². The third-order valence-electron chi connectivity index (χ3n) is 2.34. The molecule has 0 fully saturated rings. The van der Waals surface area contributed by atoms with Crippen LogP contribution in [0.3, 0.4) is 0 Å². The quantitative estimate of drug-likeness (QED) is 0.524. The molecule has 0 saturated heterocycles. The van der Waals surface area contributed by atoms with Gasteiger partial charge in [0.2, 0.25) is 0 Å². The Hall–Kier alpha value is 0.160. The molecule has 3 nitrogen and oxygen atoms in total. The molecule has 0 saturated carbocycles. The zero-order chi connectivity index (χ0) is 12.6. The van der Waals surface area contributed by atoms with E-state index in [1.165, 1.54) is 0 Å². The van der Waals surface area contributed by atoms with Crippen LogP contribution in [0.1, 0.15) is 12.8 Å². The summed E-state index contributed by atoms with van der Waals surface area (Å²) in [6, 6.07) is 0. The molecule has 0 aliphatic heterocycles. The lowest BCUT2D eigenvalue weighted by atomic mass is 10.3. The van der Waals surface area contributed by atoms with E-state index in [4.69, 9.17) is 12.2 Å². The molecule has 0 spiro atoms. The van der Waals surface area contributed by atoms with Gasteiger partial charge in [-0.2, -0.15) is 0 Å². The summed E-state index contributed by atoms with van der Waals surface area (Å²) >= 11 is 9.41. The van der Waals surface area contributed by atoms with Crippen LogP contribution >= 0.6 is 24.8 Å². The Morgan fingerprint density at radius 1 is 0.875 bits per heavy atom. The molecule has 16 heavy (non-hydrogen) atoms. The lowest BCUT2D eigenvalue weighted by Gasteiger charge is -2.24.